The number of anilines is 2. The fraction of sp³-hybridized carbons (Fsp3) is 0.333. The average Bonchev–Trinajstić information content (AvgIpc) is 2.57. The minimum Gasteiger partial charge on any atom is -0.326 e. The molecule has 27 heavy (non-hydrogen) atoms. The molecule has 6 heteroatoms. The van der Waals surface area contributed by atoms with Gasteiger partial charge in [0.15, 0.2) is 0 Å². The summed E-state index contributed by atoms with van der Waals surface area (Å²) in [6, 6.07) is 12.9. The second-order valence-electron chi connectivity index (χ2n) is 7.56. The summed E-state index contributed by atoms with van der Waals surface area (Å²) in [4.78, 5) is 25.1. The molecule has 0 saturated carbocycles. The lowest BCUT2D eigenvalue weighted by Crippen LogP contribution is -2.19. The van der Waals surface area contributed by atoms with Crippen LogP contribution >= 0.6 is 23.4 Å². The Morgan fingerprint density at radius 1 is 1.00 bits per heavy atom. The lowest BCUT2D eigenvalue weighted by Gasteiger charge is -2.17. The van der Waals surface area contributed by atoms with Gasteiger partial charge in [0.1, 0.15) is 0 Å². The van der Waals surface area contributed by atoms with E-state index in [1.165, 1.54) is 11.8 Å². The fourth-order valence-electron chi connectivity index (χ4n) is 2.40. The molecule has 0 radical (unpaired) electrons. The highest BCUT2D eigenvalue weighted by Gasteiger charge is 2.16. The van der Waals surface area contributed by atoms with Gasteiger partial charge in [-0.1, -0.05) is 38.4 Å². The smallest absolute Gasteiger partial charge is 0.234 e. The number of nitrogens with one attached hydrogen (secondary N) is 2. The molecule has 2 amide bonds. The Hall–Kier alpha value is -1.98. The number of amides is 2. The molecule has 0 heterocycles. The van der Waals surface area contributed by atoms with Crippen molar-refractivity contribution in [2.75, 3.05) is 16.4 Å². The Bertz CT molecular complexity index is 814. The van der Waals surface area contributed by atoms with E-state index in [1.54, 1.807) is 6.07 Å². The van der Waals surface area contributed by atoms with Gasteiger partial charge in [0.25, 0.3) is 0 Å². The van der Waals surface area contributed by atoms with Crippen molar-refractivity contribution in [2.45, 2.75) is 39.0 Å². The number of carbonyl (C=O) groups is 2. The summed E-state index contributed by atoms with van der Waals surface area (Å²) in [6.07, 6.45) is 0.465. The number of benzene rings is 2. The lowest BCUT2D eigenvalue weighted by atomic mass is 9.92. The molecule has 2 N–H and O–H groups in total. The van der Waals surface area contributed by atoms with Crippen molar-refractivity contribution in [2.24, 2.45) is 5.41 Å². The maximum absolute atomic E-state index is 12.2. The SMILES string of the molecule is Cc1c(Cl)cccc1NC(=O)CSc1ccc(NC(=O)CC(C)(C)C)cc1. The van der Waals surface area contributed by atoms with E-state index < -0.39 is 0 Å². The van der Waals surface area contributed by atoms with Gasteiger partial charge in [-0.25, -0.2) is 0 Å². The molecule has 0 atom stereocenters. The molecule has 0 unspecified atom stereocenters. The molecule has 144 valence electrons. The molecular weight excluding hydrogens is 380 g/mol. The van der Waals surface area contributed by atoms with Crippen molar-refractivity contribution < 1.29 is 9.59 Å². The topological polar surface area (TPSA) is 58.2 Å². The average molecular weight is 405 g/mol. The summed E-state index contributed by atoms with van der Waals surface area (Å²) >= 11 is 7.51. The quantitative estimate of drug-likeness (QED) is 0.602. The molecule has 0 aliphatic heterocycles. The molecule has 0 saturated heterocycles. The molecule has 0 aromatic heterocycles. The zero-order valence-electron chi connectivity index (χ0n) is 16.1. The van der Waals surface area contributed by atoms with Gasteiger partial charge in [-0.3, -0.25) is 9.59 Å². The molecule has 0 aliphatic rings. The molecule has 0 fully saturated rings. The van der Waals surface area contributed by atoms with Crippen LogP contribution in [0.1, 0.15) is 32.8 Å². The van der Waals surface area contributed by atoms with Gasteiger partial charge >= 0.3 is 0 Å². The van der Waals surface area contributed by atoms with Crippen molar-refractivity contribution in [1.82, 2.24) is 0 Å². The van der Waals surface area contributed by atoms with Gasteiger partial charge in [-0.15, -0.1) is 11.8 Å². The zero-order chi connectivity index (χ0) is 20.0. The van der Waals surface area contributed by atoms with E-state index in [0.29, 0.717) is 17.2 Å². The van der Waals surface area contributed by atoms with E-state index in [9.17, 15) is 9.59 Å². The fourth-order valence-corrected chi connectivity index (χ4v) is 3.27. The number of thioether (sulfide) groups is 1. The van der Waals surface area contributed by atoms with E-state index >= 15 is 0 Å². The van der Waals surface area contributed by atoms with E-state index in [1.807, 2.05) is 64.1 Å². The first-order valence-corrected chi connectivity index (χ1v) is 10.1. The van der Waals surface area contributed by atoms with Crippen molar-refractivity contribution in [3.05, 3.63) is 53.1 Å². The van der Waals surface area contributed by atoms with Crippen LogP contribution in [0, 0.1) is 12.3 Å². The Morgan fingerprint density at radius 2 is 1.67 bits per heavy atom. The number of carbonyl (C=O) groups excluding carboxylic acids is 2. The molecule has 4 nitrogen and oxygen atoms in total. The Kier molecular flexibility index (Phi) is 7.33. The monoisotopic (exact) mass is 404 g/mol. The third-order valence-electron chi connectivity index (χ3n) is 3.74. The predicted molar refractivity (Wildman–Crippen MR) is 115 cm³/mol. The normalized spacial score (nSPS) is 11.1. The predicted octanol–water partition coefficient (Wildman–Crippen LogP) is 5.75. The first kappa shape index (κ1) is 21.3. The van der Waals surface area contributed by atoms with E-state index in [-0.39, 0.29) is 17.2 Å². The molecule has 2 rings (SSSR count). The Labute approximate surface area is 170 Å². The van der Waals surface area contributed by atoms with Crippen LogP contribution in [0.2, 0.25) is 5.02 Å². The second kappa shape index (κ2) is 9.29. The maximum Gasteiger partial charge on any atom is 0.234 e. The summed E-state index contributed by atoms with van der Waals surface area (Å²) in [5, 5.41) is 6.40. The van der Waals surface area contributed by atoms with Gasteiger partial charge in [-0.2, -0.15) is 0 Å². The summed E-state index contributed by atoms with van der Waals surface area (Å²) in [5.41, 5.74) is 2.29. The molecule has 2 aromatic rings. The summed E-state index contributed by atoms with van der Waals surface area (Å²) in [5.74, 6) is 0.203. The summed E-state index contributed by atoms with van der Waals surface area (Å²) in [7, 11) is 0. The number of hydrogen-bond acceptors (Lipinski definition) is 3. The summed E-state index contributed by atoms with van der Waals surface area (Å²) < 4.78 is 0. The largest absolute Gasteiger partial charge is 0.326 e. The highest BCUT2D eigenvalue weighted by Crippen LogP contribution is 2.25. The van der Waals surface area contributed by atoms with Gasteiger partial charge in [0.2, 0.25) is 11.8 Å². The minimum atomic E-state index is -0.0899. The Balaban J connectivity index is 1.85. The zero-order valence-corrected chi connectivity index (χ0v) is 17.6. The molecule has 0 aliphatic carbocycles. The van der Waals surface area contributed by atoms with Crippen LogP contribution in [0.4, 0.5) is 11.4 Å². The standard InChI is InChI=1S/C21H25ClN2O2S/c1-14-17(22)6-5-7-18(14)24-20(26)13-27-16-10-8-15(9-11-16)23-19(25)12-21(2,3)4/h5-11H,12-13H2,1-4H3,(H,23,25)(H,24,26). The van der Waals surface area contributed by atoms with Crippen LogP contribution in [-0.4, -0.2) is 17.6 Å². The van der Waals surface area contributed by atoms with Crippen LogP contribution in [0.25, 0.3) is 0 Å². The van der Waals surface area contributed by atoms with E-state index in [4.69, 9.17) is 11.6 Å². The van der Waals surface area contributed by atoms with Gasteiger partial charge in [0, 0.05) is 27.7 Å². The van der Waals surface area contributed by atoms with E-state index in [0.717, 1.165) is 21.8 Å². The summed E-state index contributed by atoms with van der Waals surface area (Å²) in [6.45, 7) is 7.96. The van der Waals surface area contributed by atoms with Crippen LogP contribution in [0.15, 0.2) is 47.4 Å². The molecule has 0 spiro atoms. The highest BCUT2D eigenvalue weighted by molar-refractivity contribution is 8.00. The number of halogens is 1. The molecular formula is C21H25ClN2O2S. The third kappa shape index (κ3) is 7.27. The lowest BCUT2D eigenvalue weighted by molar-refractivity contribution is -0.118. The highest BCUT2D eigenvalue weighted by atomic mass is 35.5. The van der Waals surface area contributed by atoms with E-state index in [2.05, 4.69) is 10.6 Å². The van der Waals surface area contributed by atoms with Gasteiger partial charge < -0.3 is 10.6 Å². The third-order valence-corrected chi connectivity index (χ3v) is 5.16. The number of hydrogen-bond donors (Lipinski definition) is 2. The van der Waals surface area contributed by atoms with Gasteiger partial charge in [-0.05, 0) is 54.3 Å². The van der Waals surface area contributed by atoms with Crippen LogP contribution in [-0.2, 0) is 9.59 Å². The van der Waals surface area contributed by atoms with Crippen molar-refractivity contribution in [1.29, 1.82) is 0 Å². The maximum atomic E-state index is 12.2. The van der Waals surface area contributed by atoms with Gasteiger partial charge in [0.05, 0.1) is 5.75 Å². The number of rotatable bonds is 6. The first-order valence-electron chi connectivity index (χ1n) is 8.72. The van der Waals surface area contributed by atoms with Crippen molar-refractivity contribution in [3.8, 4) is 0 Å². The second-order valence-corrected chi connectivity index (χ2v) is 9.02. The first-order chi connectivity index (χ1) is 12.6. The molecule has 0 bridgehead atoms. The van der Waals surface area contributed by atoms with Crippen LogP contribution < -0.4 is 10.6 Å². The minimum absolute atomic E-state index is 0.000766. The van der Waals surface area contributed by atoms with Crippen LogP contribution in [0.3, 0.4) is 0 Å². The Morgan fingerprint density at radius 3 is 2.30 bits per heavy atom. The van der Waals surface area contributed by atoms with Crippen molar-refractivity contribution >= 4 is 46.6 Å². The molecule has 2 aromatic carbocycles. The van der Waals surface area contributed by atoms with Crippen LogP contribution in [0.5, 0.6) is 0 Å². The van der Waals surface area contributed by atoms with Crippen molar-refractivity contribution in [3.63, 3.8) is 0 Å².